The Morgan fingerprint density at radius 3 is 2.77 bits per heavy atom. The molecule has 3 heterocycles. The van der Waals surface area contributed by atoms with Crippen molar-refractivity contribution in [1.82, 2.24) is 9.88 Å². The largest absolute Gasteiger partial charge is 0.337 e. The van der Waals surface area contributed by atoms with Gasteiger partial charge in [-0.25, -0.2) is 0 Å². The van der Waals surface area contributed by atoms with Gasteiger partial charge in [0.05, 0.1) is 12.1 Å². The topological polar surface area (TPSA) is 86.1 Å². The number of anilines is 1. The van der Waals surface area contributed by atoms with E-state index in [9.17, 15) is 14.9 Å². The zero-order valence-electron chi connectivity index (χ0n) is 16.3. The van der Waals surface area contributed by atoms with Gasteiger partial charge in [0.15, 0.2) is 0 Å². The summed E-state index contributed by atoms with van der Waals surface area (Å²) in [5.74, 6) is -0.151. The third kappa shape index (κ3) is 4.24. The van der Waals surface area contributed by atoms with Crippen molar-refractivity contribution in [2.75, 3.05) is 11.9 Å². The van der Waals surface area contributed by atoms with Gasteiger partial charge in [-0.05, 0) is 42.2 Å². The van der Waals surface area contributed by atoms with Gasteiger partial charge in [-0.1, -0.05) is 24.3 Å². The molecule has 0 unspecified atom stereocenters. The van der Waals surface area contributed by atoms with Gasteiger partial charge < -0.3 is 10.2 Å². The fourth-order valence-corrected chi connectivity index (χ4v) is 4.75. The molecule has 0 fully saturated rings. The normalized spacial score (nSPS) is 12.7. The molecule has 0 atom stereocenters. The molecule has 7 heteroatoms. The second-order valence-electron chi connectivity index (χ2n) is 7.07. The number of carbonyl (C=O) groups excluding carboxylic acids is 2. The van der Waals surface area contributed by atoms with Gasteiger partial charge in [0.25, 0.3) is 5.91 Å². The van der Waals surface area contributed by atoms with Gasteiger partial charge in [-0.2, -0.15) is 5.26 Å². The van der Waals surface area contributed by atoms with Crippen molar-refractivity contribution in [2.24, 2.45) is 0 Å². The van der Waals surface area contributed by atoms with Crippen LogP contribution in [0, 0.1) is 11.3 Å². The highest BCUT2D eigenvalue weighted by atomic mass is 32.1. The lowest BCUT2D eigenvalue weighted by Crippen LogP contribution is -2.35. The summed E-state index contributed by atoms with van der Waals surface area (Å²) in [6.45, 7) is 1.05. The van der Waals surface area contributed by atoms with E-state index >= 15 is 0 Å². The lowest BCUT2D eigenvalue weighted by Gasteiger charge is -2.27. The molecule has 2 amide bonds. The molecule has 6 nitrogen and oxygen atoms in total. The van der Waals surface area contributed by atoms with Gasteiger partial charge in [-0.15, -0.1) is 11.3 Å². The van der Waals surface area contributed by atoms with E-state index in [-0.39, 0.29) is 11.8 Å². The molecule has 150 valence electrons. The lowest BCUT2D eigenvalue weighted by atomic mass is 10.0. The Hall–Kier alpha value is -3.50. The highest BCUT2D eigenvalue weighted by Crippen LogP contribution is 2.37. The number of hydrogen-bond donors (Lipinski definition) is 1. The zero-order chi connectivity index (χ0) is 20.9. The number of benzene rings is 1. The van der Waals surface area contributed by atoms with Crippen LogP contribution < -0.4 is 5.32 Å². The number of aryl methyl sites for hydroxylation is 1. The maximum absolute atomic E-state index is 12.7. The molecule has 1 aliphatic heterocycles. The number of pyridine rings is 1. The number of nitriles is 1. The number of amides is 2. The van der Waals surface area contributed by atoms with Crippen molar-refractivity contribution in [3.8, 4) is 6.07 Å². The van der Waals surface area contributed by atoms with Gasteiger partial charge in [0.2, 0.25) is 5.91 Å². The van der Waals surface area contributed by atoms with Crippen molar-refractivity contribution < 1.29 is 9.59 Å². The van der Waals surface area contributed by atoms with Gasteiger partial charge in [0.1, 0.15) is 11.1 Å². The van der Waals surface area contributed by atoms with Crippen LogP contribution in [0.15, 0.2) is 54.9 Å². The summed E-state index contributed by atoms with van der Waals surface area (Å²) in [4.78, 5) is 32.1. The van der Waals surface area contributed by atoms with E-state index in [1.807, 2.05) is 23.1 Å². The van der Waals surface area contributed by atoms with Gasteiger partial charge >= 0.3 is 0 Å². The van der Waals surface area contributed by atoms with Crippen LogP contribution in [-0.2, 0) is 24.2 Å². The lowest BCUT2D eigenvalue weighted by molar-refractivity contribution is -0.132. The summed E-state index contributed by atoms with van der Waals surface area (Å²) in [6.07, 6.45) is 5.20. The van der Waals surface area contributed by atoms with Crippen LogP contribution in [0.3, 0.4) is 0 Å². The summed E-state index contributed by atoms with van der Waals surface area (Å²) in [7, 11) is 0. The molecule has 1 aliphatic rings. The van der Waals surface area contributed by atoms with Crippen LogP contribution in [0.5, 0.6) is 0 Å². The van der Waals surface area contributed by atoms with E-state index < -0.39 is 0 Å². The minimum atomic E-state index is -0.241. The van der Waals surface area contributed by atoms with Crippen molar-refractivity contribution in [2.45, 2.75) is 25.8 Å². The SMILES string of the molecule is N#Cc1c(NC(=O)c2ccccc2)sc2c1CCN(C(=O)CCc1cccnc1)C2. The first-order chi connectivity index (χ1) is 14.7. The van der Waals surface area contributed by atoms with E-state index in [2.05, 4.69) is 16.4 Å². The third-order valence-electron chi connectivity index (χ3n) is 5.13. The number of fused-ring (bicyclic) bond motifs is 1. The van der Waals surface area contributed by atoms with E-state index in [1.54, 1.807) is 36.7 Å². The molecule has 0 saturated carbocycles. The minimum Gasteiger partial charge on any atom is -0.337 e. The Morgan fingerprint density at radius 1 is 1.20 bits per heavy atom. The Labute approximate surface area is 178 Å². The molecule has 2 aromatic heterocycles. The molecule has 4 rings (SSSR count). The molecular formula is C23H20N4O2S. The predicted octanol–water partition coefficient (Wildman–Crippen LogP) is 3.78. The third-order valence-corrected chi connectivity index (χ3v) is 6.27. The second-order valence-corrected chi connectivity index (χ2v) is 8.17. The van der Waals surface area contributed by atoms with Crippen LogP contribution in [-0.4, -0.2) is 28.2 Å². The molecule has 0 radical (unpaired) electrons. The van der Waals surface area contributed by atoms with Crippen LogP contribution in [0.25, 0.3) is 0 Å². The fourth-order valence-electron chi connectivity index (χ4n) is 3.54. The Kier molecular flexibility index (Phi) is 5.87. The molecule has 3 aromatic rings. The maximum Gasteiger partial charge on any atom is 0.256 e. The smallest absolute Gasteiger partial charge is 0.256 e. The van der Waals surface area contributed by atoms with Crippen LogP contribution in [0.4, 0.5) is 5.00 Å². The maximum atomic E-state index is 12.7. The van der Waals surface area contributed by atoms with Crippen LogP contribution in [0.2, 0.25) is 0 Å². The first kappa shape index (κ1) is 19.8. The highest BCUT2D eigenvalue weighted by molar-refractivity contribution is 7.16. The van der Waals surface area contributed by atoms with E-state index in [0.29, 0.717) is 48.5 Å². The first-order valence-electron chi connectivity index (χ1n) is 9.73. The zero-order valence-corrected chi connectivity index (χ0v) is 17.1. The molecule has 1 aromatic carbocycles. The minimum absolute atomic E-state index is 0.0891. The summed E-state index contributed by atoms with van der Waals surface area (Å²) in [6, 6.07) is 15.0. The number of nitrogens with one attached hydrogen (secondary N) is 1. The molecule has 1 N–H and O–H groups in total. The van der Waals surface area contributed by atoms with E-state index in [0.717, 1.165) is 16.0 Å². The monoisotopic (exact) mass is 416 g/mol. The number of aromatic nitrogens is 1. The first-order valence-corrected chi connectivity index (χ1v) is 10.5. The Bertz CT molecular complexity index is 1100. The van der Waals surface area contributed by atoms with Crippen LogP contribution >= 0.6 is 11.3 Å². The number of thiophene rings is 1. The number of carbonyl (C=O) groups is 2. The van der Waals surface area contributed by atoms with Crippen molar-refractivity contribution in [3.63, 3.8) is 0 Å². The van der Waals surface area contributed by atoms with Crippen molar-refractivity contribution >= 4 is 28.2 Å². The van der Waals surface area contributed by atoms with Gasteiger partial charge in [0, 0.05) is 35.8 Å². The fraction of sp³-hybridized carbons (Fsp3) is 0.217. The summed E-state index contributed by atoms with van der Waals surface area (Å²) < 4.78 is 0. The summed E-state index contributed by atoms with van der Waals surface area (Å²) in [5.41, 5.74) is 3.04. The summed E-state index contributed by atoms with van der Waals surface area (Å²) in [5, 5.41) is 13.1. The van der Waals surface area contributed by atoms with Gasteiger partial charge in [-0.3, -0.25) is 14.6 Å². The number of rotatable bonds is 5. The summed E-state index contributed by atoms with van der Waals surface area (Å²) >= 11 is 1.39. The quantitative estimate of drug-likeness (QED) is 0.686. The average molecular weight is 417 g/mol. The number of nitrogens with zero attached hydrogens (tertiary/aromatic N) is 3. The molecule has 0 spiro atoms. The molecular weight excluding hydrogens is 396 g/mol. The molecule has 0 aliphatic carbocycles. The molecule has 0 bridgehead atoms. The second kappa shape index (κ2) is 8.89. The Balaban J connectivity index is 1.45. The number of hydrogen-bond acceptors (Lipinski definition) is 5. The molecule has 0 saturated heterocycles. The van der Waals surface area contributed by atoms with E-state index in [1.165, 1.54) is 11.3 Å². The van der Waals surface area contributed by atoms with Crippen molar-refractivity contribution in [3.05, 3.63) is 82.0 Å². The van der Waals surface area contributed by atoms with Crippen molar-refractivity contribution in [1.29, 1.82) is 5.26 Å². The molecule has 30 heavy (non-hydrogen) atoms. The average Bonchev–Trinajstić information content (AvgIpc) is 3.14. The standard InChI is InChI=1S/C23H20N4O2S/c24-13-19-18-10-12-27(21(28)9-8-16-5-4-11-25-14-16)15-20(18)30-23(19)26-22(29)17-6-2-1-3-7-17/h1-7,11,14H,8-10,12,15H2,(H,26,29). The predicted molar refractivity (Wildman–Crippen MR) is 115 cm³/mol. The highest BCUT2D eigenvalue weighted by Gasteiger charge is 2.27. The Morgan fingerprint density at radius 2 is 2.03 bits per heavy atom. The van der Waals surface area contributed by atoms with Crippen LogP contribution in [0.1, 0.15) is 38.3 Å². The van der Waals surface area contributed by atoms with E-state index in [4.69, 9.17) is 0 Å².